The van der Waals surface area contributed by atoms with Gasteiger partial charge in [-0.25, -0.2) is 0 Å². The fraction of sp³-hybridized carbons (Fsp3) is 0.346. The summed E-state index contributed by atoms with van der Waals surface area (Å²) in [7, 11) is 0. The SMILES string of the molecule is Cc1cc(Br)c(Cl)cc1N(CN1C(=O)C2C3C=CC(C4CC34)C2C1=O)C(=O)c1ccc(Cl)c(Cl)c1. The van der Waals surface area contributed by atoms with Gasteiger partial charge in [0.2, 0.25) is 11.8 Å². The van der Waals surface area contributed by atoms with Gasteiger partial charge in [0.15, 0.2) is 0 Å². The molecule has 0 aromatic heterocycles. The lowest BCUT2D eigenvalue weighted by Crippen LogP contribution is -2.45. The number of anilines is 1. The first-order valence-electron chi connectivity index (χ1n) is 11.4. The molecule has 180 valence electrons. The van der Waals surface area contributed by atoms with Gasteiger partial charge in [0.1, 0.15) is 6.67 Å². The molecule has 1 heterocycles. The highest BCUT2D eigenvalue weighted by Gasteiger charge is 2.67. The Hall–Kier alpha value is -1.86. The van der Waals surface area contributed by atoms with E-state index in [0.717, 1.165) is 12.0 Å². The second kappa shape index (κ2) is 8.34. The summed E-state index contributed by atoms with van der Waals surface area (Å²) >= 11 is 22.0. The molecule has 1 saturated heterocycles. The maximum atomic E-state index is 13.8. The van der Waals surface area contributed by atoms with Gasteiger partial charge in [-0.3, -0.25) is 24.2 Å². The molecule has 2 bridgehead atoms. The van der Waals surface area contributed by atoms with Crippen LogP contribution in [0.4, 0.5) is 5.69 Å². The summed E-state index contributed by atoms with van der Waals surface area (Å²) in [5.74, 6) is -0.247. The molecule has 35 heavy (non-hydrogen) atoms. The quantitative estimate of drug-likeness (QED) is 0.305. The summed E-state index contributed by atoms with van der Waals surface area (Å²) in [5.41, 5.74) is 1.56. The van der Waals surface area contributed by atoms with Crippen LogP contribution in [0.1, 0.15) is 22.3 Å². The molecule has 0 radical (unpaired) electrons. The zero-order valence-electron chi connectivity index (χ0n) is 18.6. The van der Waals surface area contributed by atoms with Gasteiger partial charge in [-0.1, -0.05) is 47.0 Å². The molecule has 2 aromatic carbocycles. The van der Waals surface area contributed by atoms with E-state index in [0.29, 0.717) is 32.0 Å². The second-order valence-electron chi connectivity index (χ2n) is 9.82. The Balaban J connectivity index is 1.39. The highest BCUT2D eigenvalue weighted by Crippen LogP contribution is 2.65. The number of allylic oxidation sites excluding steroid dienone is 2. The van der Waals surface area contributed by atoms with E-state index < -0.39 is 5.91 Å². The van der Waals surface area contributed by atoms with Crippen molar-refractivity contribution in [2.75, 3.05) is 11.6 Å². The van der Waals surface area contributed by atoms with E-state index in [1.54, 1.807) is 24.3 Å². The number of carbonyl (C=O) groups is 3. The van der Waals surface area contributed by atoms with Crippen molar-refractivity contribution in [2.45, 2.75) is 13.3 Å². The summed E-state index contributed by atoms with van der Waals surface area (Å²) < 4.78 is 0.684. The molecule has 7 rings (SSSR count). The molecular weight excluding hydrogens is 575 g/mol. The zero-order chi connectivity index (χ0) is 24.8. The number of benzene rings is 2. The number of hydrogen-bond acceptors (Lipinski definition) is 3. The Morgan fingerprint density at radius 1 is 0.971 bits per heavy atom. The van der Waals surface area contributed by atoms with Gasteiger partial charge >= 0.3 is 0 Å². The van der Waals surface area contributed by atoms with Crippen molar-refractivity contribution in [1.82, 2.24) is 4.90 Å². The number of carbonyl (C=O) groups excluding carboxylic acids is 3. The molecule has 4 aliphatic carbocycles. The number of hydrogen-bond donors (Lipinski definition) is 0. The van der Waals surface area contributed by atoms with Gasteiger partial charge in [0.05, 0.1) is 32.6 Å². The first-order valence-corrected chi connectivity index (χ1v) is 13.4. The van der Waals surface area contributed by atoms with Gasteiger partial charge in [-0.2, -0.15) is 0 Å². The zero-order valence-corrected chi connectivity index (χ0v) is 22.4. The lowest BCUT2D eigenvalue weighted by Gasteiger charge is -2.37. The molecule has 6 unspecified atom stereocenters. The maximum absolute atomic E-state index is 13.8. The van der Waals surface area contributed by atoms with Crippen LogP contribution in [0.2, 0.25) is 15.1 Å². The standard InChI is InChI=1S/C26H20BrCl3N2O3/c1-11-6-17(27)19(29)9-21(11)31(24(33)12-2-5-18(28)20(30)7-12)10-32-25(34)22-13-3-4-14(16-8-15(13)16)23(22)26(32)35/h2-7,9,13-16,22-23H,8,10H2,1H3. The summed E-state index contributed by atoms with van der Waals surface area (Å²) in [6.45, 7) is 1.65. The van der Waals surface area contributed by atoms with E-state index in [1.807, 2.05) is 6.92 Å². The van der Waals surface area contributed by atoms with Crippen molar-refractivity contribution in [3.05, 3.63) is 73.2 Å². The van der Waals surface area contributed by atoms with Gasteiger partial charge in [0.25, 0.3) is 5.91 Å². The van der Waals surface area contributed by atoms with Crippen molar-refractivity contribution in [3.8, 4) is 0 Å². The largest absolute Gasteiger partial charge is 0.289 e. The topological polar surface area (TPSA) is 57.7 Å². The predicted molar refractivity (Wildman–Crippen MR) is 139 cm³/mol. The normalized spacial score (nSPS) is 29.9. The van der Waals surface area contributed by atoms with E-state index in [-0.39, 0.29) is 52.7 Å². The van der Waals surface area contributed by atoms with Crippen LogP contribution in [0.3, 0.4) is 0 Å². The average molecular weight is 595 g/mol. The summed E-state index contributed by atoms with van der Waals surface area (Å²) in [6, 6.07) is 8.07. The Kier molecular flexibility index (Phi) is 5.61. The summed E-state index contributed by atoms with van der Waals surface area (Å²) in [5, 5.41) is 0.977. The minimum Gasteiger partial charge on any atom is -0.289 e. The number of halogens is 4. The Labute approximate surface area is 226 Å². The fourth-order valence-corrected chi connectivity index (χ4v) is 7.17. The average Bonchev–Trinajstić information content (AvgIpc) is 3.61. The molecule has 5 aliphatic rings. The van der Waals surface area contributed by atoms with Crippen LogP contribution in [0, 0.1) is 42.4 Å². The molecule has 9 heteroatoms. The smallest absolute Gasteiger partial charge is 0.259 e. The van der Waals surface area contributed by atoms with E-state index in [9.17, 15) is 14.4 Å². The van der Waals surface area contributed by atoms with E-state index in [2.05, 4.69) is 28.1 Å². The number of nitrogens with zero attached hydrogens (tertiary/aromatic N) is 2. The summed E-state index contributed by atoms with van der Waals surface area (Å²) in [4.78, 5) is 43.7. The van der Waals surface area contributed by atoms with Crippen LogP contribution in [0.25, 0.3) is 0 Å². The van der Waals surface area contributed by atoms with Crippen molar-refractivity contribution in [2.24, 2.45) is 35.5 Å². The molecular formula is C26H20BrCl3N2O3. The van der Waals surface area contributed by atoms with Gasteiger partial charge in [-0.05, 0) is 88.8 Å². The molecule has 3 amide bonds. The number of amides is 3. The molecule has 2 saturated carbocycles. The molecule has 3 fully saturated rings. The molecule has 5 nitrogen and oxygen atoms in total. The van der Waals surface area contributed by atoms with Crippen LogP contribution >= 0.6 is 50.7 Å². The highest BCUT2D eigenvalue weighted by molar-refractivity contribution is 9.10. The van der Waals surface area contributed by atoms with Crippen molar-refractivity contribution in [3.63, 3.8) is 0 Å². The lowest BCUT2D eigenvalue weighted by atomic mass is 9.63. The summed E-state index contributed by atoms with van der Waals surface area (Å²) in [6.07, 6.45) is 5.35. The van der Waals surface area contributed by atoms with Gasteiger partial charge in [0, 0.05) is 10.0 Å². The third-order valence-corrected chi connectivity index (χ3v) is 9.91. The molecule has 0 spiro atoms. The fourth-order valence-electron chi connectivity index (χ4n) is 6.26. The van der Waals surface area contributed by atoms with Crippen LogP contribution in [-0.4, -0.2) is 29.3 Å². The molecule has 6 atom stereocenters. The Bertz CT molecular complexity index is 1310. The Morgan fingerprint density at radius 2 is 1.60 bits per heavy atom. The molecule has 1 aliphatic heterocycles. The highest BCUT2D eigenvalue weighted by atomic mass is 79.9. The van der Waals surface area contributed by atoms with Crippen LogP contribution < -0.4 is 4.90 Å². The minimum absolute atomic E-state index is 0.111. The second-order valence-corrected chi connectivity index (χ2v) is 11.9. The predicted octanol–water partition coefficient (Wildman–Crippen LogP) is 6.38. The van der Waals surface area contributed by atoms with E-state index in [4.69, 9.17) is 34.8 Å². The Morgan fingerprint density at radius 3 is 2.20 bits per heavy atom. The van der Waals surface area contributed by atoms with E-state index >= 15 is 0 Å². The van der Waals surface area contributed by atoms with Crippen molar-refractivity contribution >= 4 is 74.1 Å². The van der Waals surface area contributed by atoms with Crippen LogP contribution in [0.5, 0.6) is 0 Å². The monoisotopic (exact) mass is 592 g/mol. The molecule has 0 N–H and O–H groups in total. The number of aryl methyl sites for hydroxylation is 1. The number of imide groups is 1. The minimum atomic E-state index is -0.413. The van der Waals surface area contributed by atoms with Gasteiger partial charge in [-0.15, -0.1) is 0 Å². The first kappa shape index (κ1) is 23.5. The number of rotatable bonds is 4. The van der Waals surface area contributed by atoms with Crippen molar-refractivity contribution < 1.29 is 14.4 Å². The van der Waals surface area contributed by atoms with E-state index in [1.165, 1.54) is 15.9 Å². The third-order valence-electron chi connectivity index (χ3n) is 7.98. The first-order chi connectivity index (χ1) is 16.7. The maximum Gasteiger partial charge on any atom is 0.259 e. The van der Waals surface area contributed by atoms with Crippen molar-refractivity contribution in [1.29, 1.82) is 0 Å². The van der Waals surface area contributed by atoms with Crippen LogP contribution in [-0.2, 0) is 9.59 Å². The van der Waals surface area contributed by atoms with Crippen LogP contribution in [0.15, 0.2) is 47.0 Å². The lowest BCUT2D eigenvalue weighted by molar-refractivity contribution is -0.140. The molecule has 2 aromatic rings. The number of likely N-dealkylation sites (tertiary alicyclic amines) is 1. The van der Waals surface area contributed by atoms with Gasteiger partial charge < -0.3 is 0 Å². The third kappa shape index (κ3) is 3.59.